The van der Waals surface area contributed by atoms with E-state index in [0.717, 1.165) is 12.1 Å². The predicted molar refractivity (Wildman–Crippen MR) is 71.8 cm³/mol. The number of ether oxygens (including phenoxy) is 1. The van der Waals surface area contributed by atoms with Crippen molar-refractivity contribution in [1.29, 1.82) is 0 Å². The van der Waals surface area contributed by atoms with Crippen LogP contribution in [0.15, 0.2) is 17.0 Å². The lowest BCUT2D eigenvalue weighted by atomic mass is 10.2. The second kappa shape index (κ2) is 6.31. The zero-order valence-corrected chi connectivity index (χ0v) is 12.1. The Labute approximate surface area is 113 Å². The summed E-state index contributed by atoms with van der Waals surface area (Å²) >= 11 is 0. The van der Waals surface area contributed by atoms with E-state index in [1.54, 1.807) is 13.8 Å². The van der Waals surface area contributed by atoms with Crippen LogP contribution in [0.4, 0.5) is 10.1 Å². The van der Waals surface area contributed by atoms with Crippen molar-refractivity contribution in [3.05, 3.63) is 23.5 Å². The molecule has 0 radical (unpaired) electrons. The number of nitrogens with one attached hydrogen (secondary N) is 1. The van der Waals surface area contributed by atoms with Gasteiger partial charge in [-0.2, -0.15) is 0 Å². The van der Waals surface area contributed by atoms with Gasteiger partial charge in [-0.15, -0.1) is 0 Å². The van der Waals surface area contributed by atoms with Gasteiger partial charge in [-0.3, -0.25) is 0 Å². The van der Waals surface area contributed by atoms with Gasteiger partial charge in [-0.25, -0.2) is 17.5 Å². The van der Waals surface area contributed by atoms with E-state index in [1.165, 1.54) is 0 Å². The first-order chi connectivity index (χ1) is 8.77. The first-order valence-corrected chi connectivity index (χ1v) is 7.43. The molecule has 1 aromatic carbocycles. The maximum atomic E-state index is 13.7. The van der Waals surface area contributed by atoms with Gasteiger partial charge in [0.05, 0.1) is 6.10 Å². The molecule has 0 fully saturated rings. The van der Waals surface area contributed by atoms with Crippen LogP contribution in [-0.4, -0.2) is 27.7 Å². The Bertz CT molecular complexity index is 546. The molecule has 108 valence electrons. The van der Waals surface area contributed by atoms with E-state index in [1.807, 2.05) is 6.92 Å². The fourth-order valence-electron chi connectivity index (χ4n) is 1.52. The van der Waals surface area contributed by atoms with Crippen molar-refractivity contribution in [2.24, 2.45) is 0 Å². The highest BCUT2D eigenvalue weighted by Gasteiger charge is 2.20. The topological polar surface area (TPSA) is 81.4 Å². The van der Waals surface area contributed by atoms with E-state index in [0.29, 0.717) is 12.2 Å². The van der Waals surface area contributed by atoms with Gasteiger partial charge in [-0.05, 0) is 38.5 Å². The molecule has 1 unspecified atom stereocenters. The van der Waals surface area contributed by atoms with Crippen LogP contribution in [0.3, 0.4) is 0 Å². The summed E-state index contributed by atoms with van der Waals surface area (Å²) in [6.45, 7) is 5.70. The lowest BCUT2D eigenvalue weighted by molar-refractivity contribution is 0.0799. The summed E-state index contributed by atoms with van der Waals surface area (Å²) in [5, 5.41) is 0. The Morgan fingerprint density at radius 2 is 2.11 bits per heavy atom. The van der Waals surface area contributed by atoms with Gasteiger partial charge < -0.3 is 10.5 Å². The van der Waals surface area contributed by atoms with Crippen molar-refractivity contribution in [1.82, 2.24) is 4.72 Å². The number of anilines is 1. The Kier molecular flexibility index (Phi) is 5.28. The Hall–Kier alpha value is -1.18. The molecule has 0 amide bonds. The highest BCUT2D eigenvalue weighted by Crippen LogP contribution is 2.21. The summed E-state index contributed by atoms with van der Waals surface area (Å²) in [6, 6.07) is 2.23. The van der Waals surface area contributed by atoms with E-state index >= 15 is 0 Å². The van der Waals surface area contributed by atoms with Crippen LogP contribution >= 0.6 is 0 Å². The highest BCUT2D eigenvalue weighted by atomic mass is 32.2. The largest absolute Gasteiger partial charge is 0.398 e. The van der Waals surface area contributed by atoms with Gasteiger partial charge in [0.25, 0.3) is 0 Å². The number of halogens is 1. The minimum atomic E-state index is -3.93. The lowest BCUT2D eigenvalue weighted by Gasteiger charge is -2.14. The summed E-state index contributed by atoms with van der Waals surface area (Å²) in [4.78, 5) is -0.445. The van der Waals surface area contributed by atoms with Crippen molar-refractivity contribution in [3.63, 3.8) is 0 Å². The molecule has 0 aliphatic carbocycles. The predicted octanol–water partition coefficient (Wildman–Crippen LogP) is 1.42. The van der Waals surface area contributed by atoms with E-state index < -0.39 is 20.7 Å². The molecule has 0 aliphatic heterocycles. The normalized spacial score (nSPS) is 13.5. The Morgan fingerprint density at radius 1 is 1.47 bits per heavy atom. The second-order valence-electron chi connectivity index (χ2n) is 4.26. The molecule has 0 spiro atoms. The lowest BCUT2D eigenvalue weighted by Crippen LogP contribution is -2.32. The molecule has 0 saturated heterocycles. The monoisotopic (exact) mass is 290 g/mol. The van der Waals surface area contributed by atoms with Gasteiger partial charge in [0.1, 0.15) is 10.7 Å². The van der Waals surface area contributed by atoms with E-state index in [9.17, 15) is 12.8 Å². The molecule has 7 heteroatoms. The summed E-state index contributed by atoms with van der Waals surface area (Å²) in [5.41, 5.74) is 6.34. The number of aryl methyl sites for hydroxylation is 1. The van der Waals surface area contributed by atoms with Crippen molar-refractivity contribution in [3.8, 4) is 0 Å². The fraction of sp³-hybridized carbons (Fsp3) is 0.500. The van der Waals surface area contributed by atoms with E-state index in [4.69, 9.17) is 10.5 Å². The second-order valence-corrected chi connectivity index (χ2v) is 5.99. The number of sulfonamides is 1. The number of hydrogen-bond donors (Lipinski definition) is 2. The molecule has 0 aliphatic rings. The van der Waals surface area contributed by atoms with Crippen LogP contribution in [0.5, 0.6) is 0 Å². The molecule has 1 atom stereocenters. The maximum absolute atomic E-state index is 13.7. The molecule has 19 heavy (non-hydrogen) atoms. The van der Waals surface area contributed by atoms with Crippen molar-refractivity contribution < 1.29 is 17.5 Å². The first-order valence-electron chi connectivity index (χ1n) is 5.94. The Morgan fingerprint density at radius 3 is 2.68 bits per heavy atom. The standard InChI is InChI=1S/C12H19FN2O3S/c1-4-18-9(3)7-15-19(16,17)12-6-11(14)8(2)5-10(12)13/h5-6,9,15H,4,7,14H2,1-3H3. The van der Waals surface area contributed by atoms with Crippen LogP contribution in [0, 0.1) is 12.7 Å². The smallest absolute Gasteiger partial charge is 0.243 e. The minimum Gasteiger partial charge on any atom is -0.398 e. The molecular formula is C12H19FN2O3S. The van der Waals surface area contributed by atoms with E-state index in [-0.39, 0.29) is 18.3 Å². The van der Waals surface area contributed by atoms with Crippen LogP contribution < -0.4 is 10.5 Å². The molecule has 0 heterocycles. The van der Waals surface area contributed by atoms with Crippen molar-refractivity contribution in [2.45, 2.75) is 31.8 Å². The number of benzene rings is 1. The van der Waals surface area contributed by atoms with Crippen molar-refractivity contribution in [2.75, 3.05) is 18.9 Å². The zero-order valence-electron chi connectivity index (χ0n) is 11.2. The van der Waals surface area contributed by atoms with Gasteiger partial charge in [-0.1, -0.05) is 0 Å². The first kappa shape index (κ1) is 15.9. The van der Waals surface area contributed by atoms with Crippen LogP contribution in [-0.2, 0) is 14.8 Å². The zero-order chi connectivity index (χ0) is 14.6. The quantitative estimate of drug-likeness (QED) is 0.776. The molecule has 1 aromatic rings. The minimum absolute atomic E-state index is 0.0728. The summed E-state index contributed by atoms with van der Waals surface area (Å²) in [6.07, 6.45) is -0.286. The number of nitrogens with two attached hydrogens (primary N) is 1. The fourth-order valence-corrected chi connectivity index (χ4v) is 2.73. The Balaban J connectivity index is 2.92. The number of nitrogen functional groups attached to an aromatic ring is 1. The summed E-state index contributed by atoms with van der Waals surface area (Å²) in [5.74, 6) is -0.816. The van der Waals surface area contributed by atoms with Crippen LogP contribution in [0.25, 0.3) is 0 Å². The van der Waals surface area contributed by atoms with Crippen molar-refractivity contribution >= 4 is 15.7 Å². The number of hydrogen-bond acceptors (Lipinski definition) is 4. The third-order valence-corrected chi connectivity index (χ3v) is 4.06. The third-order valence-electron chi connectivity index (χ3n) is 2.62. The molecule has 0 saturated carbocycles. The SMILES string of the molecule is CCOC(C)CNS(=O)(=O)c1cc(N)c(C)cc1F. The molecule has 1 rings (SSSR count). The van der Waals surface area contributed by atoms with Gasteiger partial charge in [0.15, 0.2) is 0 Å². The van der Waals surface area contributed by atoms with Gasteiger partial charge in [0, 0.05) is 18.8 Å². The van der Waals surface area contributed by atoms with Crippen LogP contribution in [0.2, 0.25) is 0 Å². The highest BCUT2D eigenvalue weighted by molar-refractivity contribution is 7.89. The molecular weight excluding hydrogens is 271 g/mol. The average molecular weight is 290 g/mol. The van der Waals surface area contributed by atoms with Gasteiger partial charge >= 0.3 is 0 Å². The summed E-state index contributed by atoms with van der Waals surface area (Å²) < 4.78 is 45.1. The van der Waals surface area contributed by atoms with Gasteiger partial charge in [0.2, 0.25) is 10.0 Å². The molecule has 0 bridgehead atoms. The van der Waals surface area contributed by atoms with E-state index in [2.05, 4.69) is 4.72 Å². The average Bonchev–Trinajstić information content (AvgIpc) is 2.31. The third kappa shape index (κ3) is 4.15. The maximum Gasteiger partial charge on any atom is 0.243 e. The molecule has 0 aromatic heterocycles. The summed E-state index contributed by atoms with van der Waals surface area (Å²) in [7, 11) is -3.93. The molecule has 5 nitrogen and oxygen atoms in total. The number of rotatable bonds is 6. The van der Waals surface area contributed by atoms with Crippen LogP contribution in [0.1, 0.15) is 19.4 Å². The molecule has 3 N–H and O–H groups in total.